The number of hydrogen-bond donors (Lipinski definition) is 2. The minimum atomic E-state index is -0.0432. The number of phenols is 2. The van der Waals surface area contributed by atoms with Gasteiger partial charge in [-0.15, -0.1) is 0 Å². The van der Waals surface area contributed by atoms with Gasteiger partial charge in [0.2, 0.25) is 0 Å². The molecule has 24 heavy (non-hydrogen) atoms. The van der Waals surface area contributed by atoms with Gasteiger partial charge in [-0.25, -0.2) is 0 Å². The summed E-state index contributed by atoms with van der Waals surface area (Å²) in [6.45, 7) is 11.2. The van der Waals surface area contributed by atoms with Crippen molar-refractivity contribution in [2.45, 2.75) is 47.5 Å². The molecule has 0 saturated heterocycles. The molecule has 0 amide bonds. The summed E-state index contributed by atoms with van der Waals surface area (Å²) in [7, 11) is 0. The van der Waals surface area contributed by atoms with Crippen LogP contribution in [0, 0.1) is 12.8 Å². The van der Waals surface area contributed by atoms with Crippen LogP contribution >= 0.6 is 0 Å². The fourth-order valence-corrected chi connectivity index (χ4v) is 2.29. The van der Waals surface area contributed by atoms with Gasteiger partial charge >= 0.3 is 0 Å². The smallest absolute Gasteiger partial charge is 0.182 e. The quantitative estimate of drug-likeness (QED) is 0.629. The number of aryl methyl sites for hydroxylation is 1. The zero-order valence-corrected chi connectivity index (χ0v) is 15.2. The first kappa shape index (κ1) is 19.7. The van der Waals surface area contributed by atoms with Crippen LogP contribution in [0.2, 0.25) is 0 Å². The van der Waals surface area contributed by atoms with Crippen LogP contribution in [-0.4, -0.2) is 21.8 Å². The number of hydrogen-bond acceptors (Lipinski definition) is 4. The molecule has 0 radical (unpaired) electrons. The Morgan fingerprint density at radius 3 is 1.88 bits per heavy atom. The Balaban J connectivity index is 0.000000240. The second kappa shape index (κ2) is 7.95. The highest BCUT2D eigenvalue weighted by atomic mass is 16.3. The highest BCUT2D eigenvalue weighted by Crippen LogP contribution is 2.31. The van der Waals surface area contributed by atoms with Gasteiger partial charge in [0.25, 0.3) is 0 Å². The van der Waals surface area contributed by atoms with Gasteiger partial charge in [-0.3, -0.25) is 9.59 Å². The van der Waals surface area contributed by atoms with E-state index in [4.69, 9.17) is 0 Å². The van der Waals surface area contributed by atoms with Crippen molar-refractivity contribution in [3.05, 3.63) is 46.6 Å². The molecule has 2 N–H and O–H groups in total. The number of phenolic OH excluding ortho intramolecular Hbond substituents is 2. The van der Waals surface area contributed by atoms with Crippen molar-refractivity contribution < 1.29 is 19.8 Å². The summed E-state index contributed by atoms with van der Waals surface area (Å²) in [5, 5.41) is 18.8. The predicted octanol–water partition coefficient (Wildman–Crippen LogP) is 4.20. The van der Waals surface area contributed by atoms with E-state index >= 15 is 0 Å². The van der Waals surface area contributed by atoms with E-state index in [1.807, 2.05) is 27.7 Å². The third kappa shape index (κ3) is 4.82. The number of allylic oxidation sites excluding steroid dienone is 4. The summed E-state index contributed by atoms with van der Waals surface area (Å²) < 4.78 is 0. The number of aromatic hydroxyl groups is 2. The Labute approximate surface area is 143 Å². The standard InChI is InChI=1S/C10H14O2.C10H12O2/c2*1-6(2)8-5-9(11)7(3)4-10(8)12/h4-6,11-12H,1-3H3;4-6H,1-3H3. The van der Waals surface area contributed by atoms with Crippen LogP contribution in [0.1, 0.15) is 51.7 Å². The fraction of sp³-hybridized carbons (Fsp3) is 0.400. The van der Waals surface area contributed by atoms with Crippen molar-refractivity contribution in [1.29, 1.82) is 0 Å². The molecular formula is C20H26O4. The molecule has 130 valence electrons. The topological polar surface area (TPSA) is 74.6 Å². The van der Waals surface area contributed by atoms with Gasteiger partial charge in [-0.2, -0.15) is 0 Å². The Bertz CT molecular complexity index is 707. The van der Waals surface area contributed by atoms with Crippen LogP contribution < -0.4 is 0 Å². The molecular weight excluding hydrogens is 304 g/mol. The average molecular weight is 330 g/mol. The number of carbonyl (C=O) groups excluding carboxylic acids is 2. The lowest BCUT2D eigenvalue weighted by molar-refractivity contribution is -0.115. The van der Waals surface area contributed by atoms with E-state index in [9.17, 15) is 19.8 Å². The van der Waals surface area contributed by atoms with Crippen molar-refractivity contribution in [3.63, 3.8) is 0 Å². The third-order valence-corrected chi connectivity index (χ3v) is 3.90. The summed E-state index contributed by atoms with van der Waals surface area (Å²) in [4.78, 5) is 22.5. The van der Waals surface area contributed by atoms with E-state index in [-0.39, 0.29) is 34.9 Å². The average Bonchev–Trinajstić information content (AvgIpc) is 2.46. The van der Waals surface area contributed by atoms with Crippen molar-refractivity contribution >= 4 is 11.6 Å². The van der Waals surface area contributed by atoms with Gasteiger partial charge < -0.3 is 10.2 Å². The number of ketones is 2. The first-order valence-corrected chi connectivity index (χ1v) is 8.05. The fourth-order valence-electron chi connectivity index (χ4n) is 2.29. The highest BCUT2D eigenvalue weighted by molar-refractivity contribution is 6.19. The van der Waals surface area contributed by atoms with Crippen molar-refractivity contribution in [3.8, 4) is 11.5 Å². The number of benzene rings is 1. The molecule has 1 aromatic carbocycles. The molecule has 0 fully saturated rings. The Hall–Kier alpha value is -2.36. The molecule has 0 bridgehead atoms. The number of carbonyl (C=O) groups is 2. The molecule has 1 aliphatic carbocycles. The van der Waals surface area contributed by atoms with Gasteiger partial charge in [-0.05, 0) is 55.5 Å². The summed E-state index contributed by atoms with van der Waals surface area (Å²) >= 11 is 0. The van der Waals surface area contributed by atoms with Gasteiger partial charge in [0.1, 0.15) is 11.5 Å². The van der Waals surface area contributed by atoms with Gasteiger partial charge in [0, 0.05) is 16.7 Å². The van der Waals surface area contributed by atoms with E-state index in [0.29, 0.717) is 16.7 Å². The largest absolute Gasteiger partial charge is 0.508 e. The zero-order chi connectivity index (χ0) is 18.6. The van der Waals surface area contributed by atoms with Crippen molar-refractivity contribution in [2.24, 2.45) is 5.92 Å². The molecule has 0 aromatic heterocycles. The molecule has 0 aliphatic heterocycles. The summed E-state index contributed by atoms with van der Waals surface area (Å²) in [6.07, 6.45) is 2.86. The van der Waals surface area contributed by atoms with Crippen molar-refractivity contribution in [1.82, 2.24) is 0 Å². The molecule has 1 aromatic rings. The summed E-state index contributed by atoms with van der Waals surface area (Å²) in [5.74, 6) is 0.805. The normalized spacial score (nSPS) is 14.3. The number of rotatable bonds is 2. The van der Waals surface area contributed by atoms with E-state index in [2.05, 4.69) is 0 Å². The lowest BCUT2D eigenvalue weighted by Crippen LogP contribution is -2.15. The third-order valence-electron chi connectivity index (χ3n) is 3.90. The maximum atomic E-state index is 11.3. The molecule has 0 unspecified atom stereocenters. The van der Waals surface area contributed by atoms with Gasteiger partial charge in [0.15, 0.2) is 11.6 Å². The molecule has 4 heteroatoms. The van der Waals surface area contributed by atoms with Crippen LogP contribution in [0.25, 0.3) is 0 Å². The summed E-state index contributed by atoms with van der Waals surface area (Å²) in [6, 6.07) is 3.21. The Morgan fingerprint density at radius 2 is 1.38 bits per heavy atom. The molecule has 2 rings (SSSR count). The second-order valence-electron chi connectivity index (χ2n) is 6.66. The Morgan fingerprint density at radius 1 is 0.792 bits per heavy atom. The monoisotopic (exact) mass is 330 g/mol. The molecule has 0 spiro atoms. The molecule has 0 heterocycles. The SMILES string of the molecule is CC1=CC(=O)C(C(C)C)=CC1=O.Cc1cc(O)c(C(C)C)cc1O. The first-order chi connectivity index (χ1) is 11.0. The lowest BCUT2D eigenvalue weighted by Gasteiger charge is -2.11. The van der Waals surface area contributed by atoms with Crippen molar-refractivity contribution in [2.75, 3.05) is 0 Å². The Kier molecular flexibility index (Phi) is 6.52. The van der Waals surface area contributed by atoms with E-state index in [0.717, 1.165) is 5.56 Å². The highest BCUT2D eigenvalue weighted by Gasteiger charge is 2.19. The minimum absolute atomic E-state index is 0.0258. The van der Waals surface area contributed by atoms with Gasteiger partial charge in [0.05, 0.1) is 0 Å². The first-order valence-electron chi connectivity index (χ1n) is 8.05. The predicted molar refractivity (Wildman–Crippen MR) is 95.3 cm³/mol. The lowest BCUT2D eigenvalue weighted by atomic mass is 9.91. The minimum Gasteiger partial charge on any atom is -0.508 e. The zero-order valence-electron chi connectivity index (χ0n) is 15.2. The van der Waals surface area contributed by atoms with Crippen LogP contribution in [-0.2, 0) is 9.59 Å². The molecule has 1 aliphatic rings. The molecule has 0 atom stereocenters. The second-order valence-corrected chi connectivity index (χ2v) is 6.66. The maximum Gasteiger partial charge on any atom is 0.182 e. The van der Waals surface area contributed by atoms with Crippen LogP contribution in [0.15, 0.2) is 35.4 Å². The van der Waals surface area contributed by atoms with Crippen LogP contribution in [0.4, 0.5) is 0 Å². The van der Waals surface area contributed by atoms with E-state index < -0.39 is 0 Å². The van der Waals surface area contributed by atoms with Crippen LogP contribution in [0.5, 0.6) is 11.5 Å². The summed E-state index contributed by atoms with van der Waals surface area (Å²) in [5.41, 5.74) is 2.64. The van der Waals surface area contributed by atoms with Crippen LogP contribution in [0.3, 0.4) is 0 Å². The molecule has 0 saturated carbocycles. The van der Waals surface area contributed by atoms with E-state index in [1.54, 1.807) is 26.0 Å². The maximum absolute atomic E-state index is 11.3. The molecule has 4 nitrogen and oxygen atoms in total. The van der Waals surface area contributed by atoms with E-state index in [1.165, 1.54) is 12.2 Å². The van der Waals surface area contributed by atoms with Gasteiger partial charge in [-0.1, -0.05) is 27.7 Å².